The first kappa shape index (κ1) is 14.4. The van der Waals surface area contributed by atoms with E-state index < -0.39 is 0 Å². The number of amides is 1. The molecule has 112 valence electrons. The molecule has 0 radical (unpaired) electrons. The number of aromatic nitrogens is 4. The van der Waals surface area contributed by atoms with Crippen molar-refractivity contribution in [3.8, 4) is 5.82 Å². The molecule has 0 saturated heterocycles. The number of carbonyl (C=O) groups excluding carboxylic acids is 1. The minimum absolute atomic E-state index is 0.114. The van der Waals surface area contributed by atoms with Crippen molar-refractivity contribution in [3.05, 3.63) is 58.4 Å². The number of carbonyl (C=O) groups is 1. The van der Waals surface area contributed by atoms with Crippen molar-refractivity contribution in [1.29, 1.82) is 0 Å². The van der Waals surface area contributed by atoms with E-state index in [1.807, 2.05) is 0 Å². The van der Waals surface area contributed by atoms with Gasteiger partial charge in [0, 0.05) is 17.6 Å². The maximum absolute atomic E-state index is 12.1. The van der Waals surface area contributed by atoms with Crippen LogP contribution in [0, 0.1) is 6.92 Å². The highest BCUT2D eigenvalue weighted by atomic mass is 32.1. The average molecular weight is 313 g/mol. The van der Waals surface area contributed by atoms with Gasteiger partial charge < -0.3 is 5.32 Å². The Bertz CT molecular complexity index is 749. The fourth-order valence-corrected chi connectivity index (χ4v) is 2.95. The third-order valence-corrected chi connectivity index (χ3v) is 4.38. The molecule has 7 heteroatoms. The molecule has 0 aromatic carbocycles. The minimum Gasteiger partial charge on any atom is -0.352 e. The molecule has 22 heavy (non-hydrogen) atoms. The normalized spacial score (nSPS) is 10.6. The van der Waals surface area contributed by atoms with Crippen LogP contribution in [0.25, 0.3) is 5.82 Å². The molecule has 3 rings (SSSR count). The number of hydrogen-bond acceptors (Lipinski definition) is 5. The molecular weight excluding hydrogens is 298 g/mol. The van der Waals surface area contributed by atoms with Crippen molar-refractivity contribution in [2.24, 2.45) is 0 Å². The van der Waals surface area contributed by atoms with Crippen molar-refractivity contribution < 1.29 is 4.79 Å². The lowest BCUT2D eigenvalue weighted by Crippen LogP contribution is -2.25. The highest BCUT2D eigenvalue weighted by molar-refractivity contribution is 7.10. The van der Waals surface area contributed by atoms with Gasteiger partial charge in [-0.05, 0) is 42.5 Å². The molecule has 3 aromatic rings. The predicted molar refractivity (Wildman–Crippen MR) is 84.2 cm³/mol. The molecule has 0 aliphatic rings. The third-order valence-electron chi connectivity index (χ3n) is 3.30. The van der Waals surface area contributed by atoms with E-state index in [1.165, 1.54) is 10.4 Å². The molecule has 0 aliphatic heterocycles. The Morgan fingerprint density at radius 1 is 1.27 bits per heavy atom. The Labute approximate surface area is 131 Å². The van der Waals surface area contributed by atoms with Crippen LogP contribution < -0.4 is 5.32 Å². The molecule has 6 nitrogen and oxygen atoms in total. The van der Waals surface area contributed by atoms with Crippen LogP contribution >= 0.6 is 11.3 Å². The van der Waals surface area contributed by atoms with Crippen molar-refractivity contribution in [2.45, 2.75) is 13.3 Å². The van der Waals surface area contributed by atoms with E-state index in [0.717, 1.165) is 6.42 Å². The van der Waals surface area contributed by atoms with Gasteiger partial charge in [0.25, 0.3) is 5.91 Å². The molecule has 0 aliphatic carbocycles. The summed E-state index contributed by atoms with van der Waals surface area (Å²) in [6, 6.07) is 5.60. The Hall–Kier alpha value is -2.54. The summed E-state index contributed by atoms with van der Waals surface area (Å²) >= 11 is 1.72. The van der Waals surface area contributed by atoms with Gasteiger partial charge in [-0.25, -0.2) is 4.98 Å². The average Bonchev–Trinajstić information content (AvgIpc) is 3.20. The second-order valence-electron chi connectivity index (χ2n) is 4.81. The van der Waals surface area contributed by atoms with Gasteiger partial charge in [-0.15, -0.1) is 21.5 Å². The summed E-state index contributed by atoms with van der Waals surface area (Å²) in [7, 11) is 0. The van der Waals surface area contributed by atoms with Crippen LogP contribution in [0.2, 0.25) is 0 Å². The quantitative estimate of drug-likeness (QED) is 0.782. The maximum Gasteiger partial charge on any atom is 0.252 e. The van der Waals surface area contributed by atoms with Crippen LogP contribution in [0.4, 0.5) is 0 Å². The smallest absolute Gasteiger partial charge is 0.252 e. The zero-order valence-corrected chi connectivity index (χ0v) is 12.9. The molecule has 0 bridgehead atoms. The number of hydrogen-bond donors (Lipinski definition) is 1. The maximum atomic E-state index is 12.1. The molecule has 0 atom stereocenters. The summed E-state index contributed by atoms with van der Waals surface area (Å²) in [6.07, 6.45) is 5.53. The second kappa shape index (κ2) is 6.48. The van der Waals surface area contributed by atoms with Crippen molar-refractivity contribution in [3.63, 3.8) is 0 Å². The standard InChI is InChI=1S/C15H15N5OS/c1-11-5-7-22-13(11)4-6-16-15(21)12-2-3-14(17-8-12)20-9-18-19-10-20/h2-3,5,7-10H,4,6H2,1H3,(H,16,21). The Morgan fingerprint density at radius 3 is 2.73 bits per heavy atom. The van der Waals surface area contributed by atoms with Gasteiger partial charge in [-0.2, -0.15) is 0 Å². The number of thiophene rings is 1. The second-order valence-corrected chi connectivity index (χ2v) is 5.81. The summed E-state index contributed by atoms with van der Waals surface area (Å²) in [5, 5.41) is 12.4. The third kappa shape index (κ3) is 3.20. The number of pyridine rings is 1. The van der Waals surface area contributed by atoms with Crippen LogP contribution in [-0.2, 0) is 6.42 Å². The van der Waals surface area contributed by atoms with Crippen LogP contribution in [0.15, 0.2) is 42.4 Å². The van der Waals surface area contributed by atoms with E-state index in [9.17, 15) is 4.79 Å². The SMILES string of the molecule is Cc1ccsc1CCNC(=O)c1ccc(-n2cnnc2)nc1. The molecule has 3 aromatic heterocycles. The summed E-state index contributed by atoms with van der Waals surface area (Å²) in [5.74, 6) is 0.563. The fraction of sp³-hybridized carbons (Fsp3) is 0.200. The molecule has 0 saturated carbocycles. The van der Waals surface area contributed by atoms with Gasteiger partial charge in [0.1, 0.15) is 18.5 Å². The van der Waals surface area contributed by atoms with Gasteiger partial charge in [-0.1, -0.05) is 0 Å². The predicted octanol–water partition coefficient (Wildman–Crippen LogP) is 2.00. The van der Waals surface area contributed by atoms with Crippen molar-refractivity contribution >= 4 is 17.2 Å². The molecule has 3 heterocycles. The first-order chi connectivity index (χ1) is 10.7. The molecule has 1 N–H and O–H groups in total. The van der Waals surface area contributed by atoms with Crippen LogP contribution in [0.5, 0.6) is 0 Å². The number of aryl methyl sites for hydroxylation is 1. The van der Waals surface area contributed by atoms with Gasteiger partial charge in [0.2, 0.25) is 0 Å². The van der Waals surface area contributed by atoms with Gasteiger partial charge in [-0.3, -0.25) is 9.36 Å². The lowest BCUT2D eigenvalue weighted by molar-refractivity contribution is 0.0954. The van der Waals surface area contributed by atoms with Crippen molar-refractivity contribution in [2.75, 3.05) is 6.54 Å². The number of rotatable bonds is 5. The lowest BCUT2D eigenvalue weighted by atomic mass is 10.2. The number of nitrogens with zero attached hydrogens (tertiary/aromatic N) is 4. The summed E-state index contributed by atoms with van der Waals surface area (Å²) in [5.41, 5.74) is 1.82. The zero-order valence-electron chi connectivity index (χ0n) is 12.1. The topological polar surface area (TPSA) is 72.7 Å². The van der Waals surface area contributed by atoms with Crippen LogP contribution in [0.3, 0.4) is 0 Å². The van der Waals surface area contributed by atoms with E-state index in [1.54, 1.807) is 46.9 Å². The molecule has 0 unspecified atom stereocenters. The van der Waals surface area contributed by atoms with E-state index in [4.69, 9.17) is 0 Å². The number of nitrogens with one attached hydrogen (secondary N) is 1. The van der Waals surface area contributed by atoms with Gasteiger partial charge in [0.05, 0.1) is 5.56 Å². The highest BCUT2D eigenvalue weighted by Crippen LogP contribution is 2.15. The van der Waals surface area contributed by atoms with Gasteiger partial charge in [0.15, 0.2) is 0 Å². The summed E-state index contributed by atoms with van der Waals surface area (Å²) in [4.78, 5) is 17.6. The largest absolute Gasteiger partial charge is 0.352 e. The Kier molecular flexibility index (Phi) is 4.24. The summed E-state index contributed by atoms with van der Waals surface area (Å²) < 4.78 is 1.68. The van der Waals surface area contributed by atoms with E-state index >= 15 is 0 Å². The van der Waals surface area contributed by atoms with Crippen LogP contribution in [-0.4, -0.2) is 32.2 Å². The molecule has 0 fully saturated rings. The first-order valence-corrected chi connectivity index (χ1v) is 7.74. The van der Waals surface area contributed by atoms with E-state index in [0.29, 0.717) is 17.9 Å². The van der Waals surface area contributed by atoms with E-state index in [-0.39, 0.29) is 5.91 Å². The molecule has 1 amide bonds. The van der Waals surface area contributed by atoms with E-state index in [2.05, 4.69) is 38.9 Å². The van der Waals surface area contributed by atoms with Crippen LogP contribution in [0.1, 0.15) is 20.8 Å². The monoisotopic (exact) mass is 313 g/mol. The van der Waals surface area contributed by atoms with Crippen molar-refractivity contribution in [1.82, 2.24) is 25.1 Å². The fourth-order valence-electron chi connectivity index (χ4n) is 2.04. The highest BCUT2D eigenvalue weighted by Gasteiger charge is 2.07. The molecular formula is C15H15N5OS. The lowest BCUT2D eigenvalue weighted by Gasteiger charge is -2.06. The minimum atomic E-state index is -0.114. The summed E-state index contributed by atoms with van der Waals surface area (Å²) in [6.45, 7) is 2.70. The Morgan fingerprint density at radius 2 is 2.09 bits per heavy atom. The Balaban J connectivity index is 1.57. The molecule has 0 spiro atoms. The first-order valence-electron chi connectivity index (χ1n) is 6.86. The van der Waals surface area contributed by atoms with Gasteiger partial charge >= 0.3 is 0 Å². The zero-order chi connectivity index (χ0) is 15.4.